The molecule has 8 nitrogen and oxygen atoms in total. The third kappa shape index (κ3) is 4.10. The molecule has 4 aliphatic carbocycles. The first-order chi connectivity index (χ1) is 17.6. The van der Waals surface area contributed by atoms with Crippen LogP contribution in [0, 0.1) is 40.9 Å². The molecule has 0 aromatic carbocycles. The largest absolute Gasteiger partial charge is 0.467 e. The number of terminal acetylenes is 1. The maximum atomic E-state index is 12.7. The van der Waals surface area contributed by atoms with E-state index < -0.39 is 23.7 Å². The summed E-state index contributed by atoms with van der Waals surface area (Å²) in [5.41, 5.74) is 1.18. The Hall–Kier alpha value is -2.37. The van der Waals surface area contributed by atoms with Crippen molar-refractivity contribution in [3.8, 4) is 12.3 Å². The van der Waals surface area contributed by atoms with E-state index in [9.17, 15) is 19.8 Å². The van der Waals surface area contributed by atoms with Crippen molar-refractivity contribution in [1.29, 1.82) is 0 Å². The normalized spacial score (nSPS) is 43.8. The number of β-amino-alcohol motifs (C(OH)–C–C–N with tert-alkyl or cyclic N) is 1. The number of allylic oxidation sites excluding steroid dienone is 2. The number of fused-ring (bicyclic) bond motifs is 5. The molecule has 8 atom stereocenters. The Morgan fingerprint density at radius 1 is 1.19 bits per heavy atom. The average molecular weight is 513 g/mol. The lowest BCUT2D eigenvalue weighted by Gasteiger charge is -2.58. The van der Waals surface area contributed by atoms with Gasteiger partial charge in [0.25, 0.3) is 5.91 Å². The summed E-state index contributed by atoms with van der Waals surface area (Å²) < 4.78 is 4.76. The van der Waals surface area contributed by atoms with Crippen LogP contribution in [0.4, 0.5) is 0 Å². The van der Waals surface area contributed by atoms with Crippen molar-refractivity contribution in [2.45, 2.75) is 89.4 Å². The number of carbonyl (C=O) groups excluding carboxylic acids is 2. The highest BCUT2D eigenvalue weighted by atomic mass is 16.6. The van der Waals surface area contributed by atoms with Crippen LogP contribution in [0.3, 0.4) is 0 Å². The SMILES string of the molecule is C#C[C@@]1(O)CCC2C3CCC4=CC(=NOCC(=O)N5CC(O)CC5C(=O)OC)CC[C@]4(C)C3CC[C@@]21C. The molecule has 8 heteroatoms. The summed E-state index contributed by atoms with van der Waals surface area (Å²) in [5.74, 6) is 3.45. The highest BCUT2D eigenvalue weighted by Gasteiger charge is 2.63. The lowest BCUT2D eigenvalue weighted by molar-refractivity contribution is -0.152. The molecule has 0 aromatic heterocycles. The van der Waals surface area contributed by atoms with Gasteiger partial charge in [-0.2, -0.15) is 0 Å². The Labute approximate surface area is 219 Å². The Morgan fingerprint density at radius 2 is 1.95 bits per heavy atom. The van der Waals surface area contributed by atoms with E-state index in [2.05, 4.69) is 31.0 Å². The number of rotatable bonds is 4. The molecule has 202 valence electrons. The number of aliphatic hydroxyl groups is 2. The van der Waals surface area contributed by atoms with Crippen LogP contribution < -0.4 is 0 Å². The molecule has 0 radical (unpaired) electrons. The van der Waals surface area contributed by atoms with Crippen LogP contribution >= 0.6 is 0 Å². The molecule has 37 heavy (non-hydrogen) atoms. The number of esters is 1. The minimum Gasteiger partial charge on any atom is -0.467 e. The van der Waals surface area contributed by atoms with E-state index in [0.717, 1.165) is 50.7 Å². The fourth-order valence-corrected chi connectivity index (χ4v) is 8.60. The zero-order valence-corrected chi connectivity index (χ0v) is 22.2. The number of carbonyl (C=O) groups is 2. The van der Waals surface area contributed by atoms with E-state index in [1.165, 1.54) is 17.6 Å². The van der Waals surface area contributed by atoms with Crippen LogP contribution in [-0.4, -0.2) is 70.7 Å². The predicted octanol–water partition coefficient (Wildman–Crippen LogP) is 2.82. The number of methoxy groups -OCH3 is 1. The standard InChI is InChI=1S/C29H40N2O6/c1-5-29(35)13-10-23-21-7-6-18-14-19(8-11-27(18,2)22(21)9-12-28(23,29)3)30-37-17-25(33)31-16-20(32)15-24(31)26(34)36-4/h1,14,20-24,32,35H,6-13,15-17H2,2-4H3/t20?,21?,22?,23?,24?,27-,28-,29+/m0/s1. The number of likely N-dealkylation sites (tertiary alicyclic amines) is 1. The summed E-state index contributed by atoms with van der Waals surface area (Å²) in [5, 5.41) is 25.4. The van der Waals surface area contributed by atoms with E-state index in [1.54, 1.807) is 0 Å². The van der Waals surface area contributed by atoms with Gasteiger partial charge >= 0.3 is 5.97 Å². The molecule has 5 aliphatic rings. The third-order valence-electron chi connectivity index (χ3n) is 10.8. The predicted molar refractivity (Wildman–Crippen MR) is 137 cm³/mol. The summed E-state index contributed by atoms with van der Waals surface area (Å²) in [6.07, 6.45) is 15.0. The maximum absolute atomic E-state index is 12.7. The number of nitrogens with zero attached hydrogens (tertiary/aromatic N) is 2. The minimum absolute atomic E-state index is 0.0856. The number of ether oxygens (including phenoxy) is 1. The van der Waals surface area contributed by atoms with Crippen molar-refractivity contribution in [2.24, 2.45) is 33.7 Å². The highest BCUT2D eigenvalue weighted by Crippen LogP contribution is 2.67. The highest BCUT2D eigenvalue weighted by molar-refractivity contribution is 5.96. The maximum Gasteiger partial charge on any atom is 0.328 e. The number of oxime groups is 1. The zero-order chi connectivity index (χ0) is 26.6. The van der Waals surface area contributed by atoms with E-state index in [4.69, 9.17) is 16.0 Å². The van der Waals surface area contributed by atoms with Gasteiger partial charge in [-0.15, -0.1) is 6.42 Å². The molecule has 5 unspecified atom stereocenters. The molecule has 3 saturated carbocycles. The first kappa shape index (κ1) is 26.2. The molecule has 4 fully saturated rings. The fourth-order valence-electron chi connectivity index (χ4n) is 8.60. The Morgan fingerprint density at radius 3 is 2.68 bits per heavy atom. The van der Waals surface area contributed by atoms with Crippen LogP contribution in [0.5, 0.6) is 0 Å². The van der Waals surface area contributed by atoms with E-state index >= 15 is 0 Å². The molecule has 2 N–H and O–H groups in total. The number of hydrogen-bond acceptors (Lipinski definition) is 7. The van der Waals surface area contributed by atoms with Crippen molar-refractivity contribution in [2.75, 3.05) is 20.3 Å². The first-order valence-electron chi connectivity index (χ1n) is 13.7. The Balaban J connectivity index is 1.24. The molecule has 1 aliphatic heterocycles. The molecule has 1 amide bonds. The summed E-state index contributed by atoms with van der Waals surface area (Å²) in [7, 11) is 1.27. The topological polar surface area (TPSA) is 109 Å². The summed E-state index contributed by atoms with van der Waals surface area (Å²) in [6, 6.07) is -0.787. The lowest BCUT2D eigenvalue weighted by Crippen LogP contribution is -2.54. The average Bonchev–Trinajstić information content (AvgIpc) is 3.41. The molecule has 5 rings (SSSR count). The molecule has 1 saturated heterocycles. The lowest BCUT2D eigenvalue weighted by atomic mass is 9.46. The summed E-state index contributed by atoms with van der Waals surface area (Å²) >= 11 is 0. The molecule has 1 heterocycles. The van der Waals surface area contributed by atoms with Gasteiger partial charge in [0.1, 0.15) is 11.6 Å². The van der Waals surface area contributed by atoms with Gasteiger partial charge < -0.3 is 24.7 Å². The van der Waals surface area contributed by atoms with Gasteiger partial charge in [-0.1, -0.05) is 30.5 Å². The fraction of sp³-hybridized carbons (Fsp3) is 0.759. The Kier molecular flexibility index (Phi) is 6.69. The van der Waals surface area contributed by atoms with E-state index in [1.807, 2.05) is 0 Å². The van der Waals surface area contributed by atoms with Crippen LogP contribution in [-0.2, 0) is 19.2 Å². The van der Waals surface area contributed by atoms with Gasteiger partial charge in [0.15, 0.2) is 6.61 Å². The van der Waals surface area contributed by atoms with Gasteiger partial charge in [-0.05, 0) is 80.6 Å². The second-order valence-corrected chi connectivity index (χ2v) is 12.3. The van der Waals surface area contributed by atoms with Crippen molar-refractivity contribution in [3.63, 3.8) is 0 Å². The van der Waals surface area contributed by atoms with E-state index in [-0.39, 0.29) is 36.3 Å². The van der Waals surface area contributed by atoms with Gasteiger partial charge in [-0.3, -0.25) is 4.79 Å². The smallest absolute Gasteiger partial charge is 0.328 e. The van der Waals surface area contributed by atoms with E-state index in [0.29, 0.717) is 24.2 Å². The van der Waals surface area contributed by atoms with Crippen LogP contribution in [0.2, 0.25) is 0 Å². The van der Waals surface area contributed by atoms with Crippen molar-refractivity contribution in [1.82, 2.24) is 4.90 Å². The summed E-state index contributed by atoms with van der Waals surface area (Å²) in [6.45, 7) is 4.41. The van der Waals surface area contributed by atoms with Crippen LogP contribution in [0.1, 0.15) is 71.6 Å². The Bertz CT molecular complexity index is 1060. The number of amides is 1. The molecule has 0 bridgehead atoms. The number of aliphatic hydroxyl groups excluding tert-OH is 1. The molecule has 0 spiro atoms. The second-order valence-electron chi connectivity index (χ2n) is 12.3. The first-order valence-corrected chi connectivity index (χ1v) is 13.7. The number of hydrogen-bond donors (Lipinski definition) is 2. The van der Waals surface area contributed by atoms with Crippen molar-refractivity contribution in [3.05, 3.63) is 11.6 Å². The zero-order valence-electron chi connectivity index (χ0n) is 22.2. The quantitative estimate of drug-likeness (QED) is 0.341. The van der Waals surface area contributed by atoms with Gasteiger partial charge in [0.05, 0.1) is 18.9 Å². The minimum atomic E-state index is -0.981. The van der Waals surface area contributed by atoms with Gasteiger partial charge in [0, 0.05) is 18.4 Å². The summed E-state index contributed by atoms with van der Waals surface area (Å²) in [4.78, 5) is 31.4. The van der Waals surface area contributed by atoms with Crippen molar-refractivity contribution < 1.29 is 29.4 Å². The van der Waals surface area contributed by atoms with Gasteiger partial charge in [0.2, 0.25) is 0 Å². The van der Waals surface area contributed by atoms with Gasteiger partial charge in [-0.25, -0.2) is 4.79 Å². The second kappa shape index (κ2) is 9.43. The molecular formula is C29H40N2O6. The molecular weight excluding hydrogens is 472 g/mol. The molecule has 0 aromatic rings. The van der Waals surface area contributed by atoms with Crippen LogP contribution in [0.15, 0.2) is 16.8 Å². The monoisotopic (exact) mass is 512 g/mol. The third-order valence-corrected chi connectivity index (χ3v) is 10.8. The van der Waals surface area contributed by atoms with Crippen LogP contribution in [0.25, 0.3) is 0 Å². The van der Waals surface area contributed by atoms with Crippen molar-refractivity contribution >= 4 is 17.6 Å².